The van der Waals surface area contributed by atoms with Gasteiger partial charge >= 0.3 is 0 Å². The zero-order chi connectivity index (χ0) is 18.4. The first-order chi connectivity index (χ1) is 11.8. The molecule has 2 rings (SSSR count). The Morgan fingerprint density at radius 1 is 0.920 bits per heavy atom. The molecular formula is C20H24N2O2S. The Labute approximate surface area is 153 Å². The van der Waals surface area contributed by atoms with E-state index in [1.54, 1.807) is 12.1 Å². The highest BCUT2D eigenvalue weighted by atomic mass is 32.2. The van der Waals surface area contributed by atoms with E-state index in [0.717, 1.165) is 10.5 Å². The molecule has 0 aliphatic carbocycles. The van der Waals surface area contributed by atoms with E-state index in [9.17, 15) is 9.59 Å². The van der Waals surface area contributed by atoms with Crippen LogP contribution in [0.1, 0.15) is 42.3 Å². The predicted molar refractivity (Wildman–Crippen MR) is 103 cm³/mol. The maximum absolute atomic E-state index is 12.1. The molecule has 0 atom stereocenters. The second-order valence-corrected chi connectivity index (χ2v) is 7.98. The van der Waals surface area contributed by atoms with E-state index in [-0.39, 0.29) is 23.0 Å². The number of carbonyl (C=O) groups excluding carboxylic acids is 2. The largest absolute Gasteiger partial charge is 0.272 e. The summed E-state index contributed by atoms with van der Waals surface area (Å²) in [7, 11) is 0. The molecule has 2 aromatic rings. The van der Waals surface area contributed by atoms with Gasteiger partial charge in [-0.2, -0.15) is 0 Å². The van der Waals surface area contributed by atoms with Crippen molar-refractivity contribution in [3.05, 3.63) is 65.2 Å². The van der Waals surface area contributed by atoms with Gasteiger partial charge in [-0.1, -0.05) is 50.6 Å². The minimum Gasteiger partial charge on any atom is -0.272 e. The van der Waals surface area contributed by atoms with E-state index in [1.165, 1.54) is 17.3 Å². The summed E-state index contributed by atoms with van der Waals surface area (Å²) in [5.41, 5.74) is 7.78. The van der Waals surface area contributed by atoms with E-state index in [2.05, 4.69) is 31.6 Å². The van der Waals surface area contributed by atoms with Crippen molar-refractivity contribution >= 4 is 23.6 Å². The van der Waals surface area contributed by atoms with Crippen LogP contribution in [0.25, 0.3) is 0 Å². The van der Waals surface area contributed by atoms with Gasteiger partial charge in [-0.25, -0.2) is 0 Å². The Morgan fingerprint density at radius 2 is 1.52 bits per heavy atom. The zero-order valence-electron chi connectivity index (χ0n) is 15.1. The zero-order valence-corrected chi connectivity index (χ0v) is 15.9. The quantitative estimate of drug-likeness (QED) is 0.646. The fourth-order valence-electron chi connectivity index (χ4n) is 2.14. The molecule has 5 heteroatoms. The van der Waals surface area contributed by atoms with Gasteiger partial charge in [-0.05, 0) is 42.2 Å². The van der Waals surface area contributed by atoms with Crippen LogP contribution >= 0.6 is 11.8 Å². The third-order valence-electron chi connectivity index (χ3n) is 3.72. The Hall–Kier alpha value is -2.27. The molecule has 0 aliphatic heterocycles. The lowest BCUT2D eigenvalue weighted by Gasteiger charge is -2.19. The first-order valence-electron chi connectivity index (χ1n) is 8.15. The molecule has 0 unspecified atom stereocenters. The first kappa shape index (κ1) is 19.1. The third kappa shape index (κ3) is 5.94. The van der Waals surface area contributed by atoms with Gasteiger partial charge in [0.15, 0.2) is 0 Å². The molecule has 0 bridgehead atoms. The van der Waals surface area contributed by atoms with Gasteiger partial charge in [0.1, 0.15) is 0 Å². The molecule has 4 nitrogen and oxygen atoms in total. The number of hydrogen-bond acceptors (Lipinski definition) is 3. The molecule has 2 amide bonds. The van der Waals surface area contributed by atoms with E-state index in [1.807, 2.05) is 43.3 Å². The van der Waals surface area contributed by atoms with Gasteiger partial charge < -0.3 is 0 Å². The van der Waals surface area contributed by atoms with E-state index in [4.69, 9.17) is 0 Å². The number of amides is 2. The second-order valence-electron chi connectivity index (χ2n) is 6.93. The fourth-order valence-corrected chi connectivity index (χ4v) is 2.84. The summed E-state index contributed by atoms with van der Waals surface area (Å²) in [6.45, 7) is 8.38. The minimum atomic E-state index is -0.325. The number of carbonyl (C=O) groups is 2. The third-order valence-corrected chi connectivity index (χ3v) is 4.73. The van der Waals surface area contributed by atoms with Gasteiger partial charge in [0.25, 0.3) is 5.91 Å². The average molecular weight is 356 g/mol. The van der Waals surface area contributed by atoms with E-state index < -0.39 is 0 Å². The summed E-state index contributed by atoms with van der Waals surface area (Å²) < 4.78 is 0. The van der Waals surface area contributed by atoms with Gasteiger partial charge in [-0.15, -0.1) is 11.8 Å². The van der Waals surface area contributed by atoms with Crippen molar-refractivity contribution in [2.75, 3.05) is 5.75 Å². The van der Waals surface area contributed by atoms with Gasteiger partial charge in [-0.3, -0.25) is 20.4 Å². The van der Waals surface area contributed by atoms with Crippen LogP contribution in [-0.2, 0) is 10.2 Å². The van der Waals surface area contributed by atoms with Crippen molar-refractivity contribution in [3.8, 4) is 0 Å². The molecule has 0 heterocycles. The van der Waals surface area contributed by atoms with Crippen LogP contribution < -0.4 is 10.9 Å². The second kappa shape index (κ2) is 8.21. The number of hydrazine groups is 1. The van der Waals surface area contributed by atoms with E-state index >= 15 is 0 Å². The summed E-state index contributed by atoms with van der Waals surface area (Å²) >= 11 is 1.43. The Balaban J connectivity index is 1.80. The first-order valence-corrected chi connectivity index (χ1v) is 9.13. The summed E-state index contributed by atoms with van der Waals surface area (Å²) in [5.74, 6) is -0.328. The van der Waals surface area contributed by atoms with Crippen molar-refractivity contribution in [2.45, 2.75) is 38.0 Å². The standard InChI is InChI=1S/C20H24N2O2S/c1-14-5-11-17(12-6-14)25-13-18(23)21-22-19(24)15-7-9-16(10-8-15)20(2,3)4/h5-12H,13H2,1-4H3,(H,21,23)(H,22,24). The van der Waals surface area contributed by atoms with Crippen LogP contribution in [0.3, 0.4) is 0 Å². The molecule has 0 saturated carbocycles. The van der Waals surface area contributed by atoms with Gasteiger partial charge in [0, 0.05) is 10.5 Å². The Morgan fingerprint density at radius 3 is 2.08 bits per heavy atom. The number of thioether (sulfide) groups is 1. The molecule has 0 radical (unpaired) electrons. The predicted octanol–water partition coefficient (Wildman–Crippen LogP) is 3.85. The molecule has 0 fully saturated rings. The highest BCUT2D eigenvalue weighted by Gasteiger charge is 2.14. The lowest BCUT2D eigenvalue weighted by atomic mass is 9.87. The highest BCUT2D eigenvalue weighted by molar-refractivity contribution is 8.00. The fraction of sp³-hybridized carbons (Fsp3) is 0.300. The normalized spacial score (nSPS) is 11.0. The van der Waals surface area contributed by atoms with Gasteiger partial charge in [0.2, 0.25) is 5.91 Å². The van der Waals surface area contributed by atoms with E-state index in [0.29, 0.717) is 5.56 Å². The summed E-state index contributed by atoms with van der Waals surface area (Å²) in [4.78, 5) is 25.0. The number of aryl methyl sites for hydroxylation is 1. The monoisotopic (exact) mass is 356 g/mol. The molecule has 0 saturated heterocycles. The lowest BCUT2D eigenvalue weighted by molar-refractivity contribution is -0.119. The smallest absolute Gasteiger partial charge is 0.269 e. The molecule has 2 aromatic carbocycles. The summed E-state index contributed by atoms with van der Waals surface area (Å²) in [6, 6.07) is 15.4. The van der Waals surface area contributed by atoms with Crippen molar-refractivity contribution in [1.29, 1.82) is 0 Å². The maximum atomic E-state index is 12.1. The number of nitrogens with one attached hydrogen (secondary N) is 2. The summed E-state index contributed by atoms with van der Waals surface area (Å²) in [5, 5.41) is 0. The van der Waals surface area contributed by atoms with Crippen LogP contribution in [-0.4, -0.2) is 17.6 Å². The molecule has 132 valence electrons. The SMILES string of the molecule is Cc1ccc(SCC(=O)NNC(=O)c2ccc(C(C)(C)C)cc2)cc1. The van der Waals surface area contributed by atoms with Crippen molar-refractivity contribution in [1.82, 2.24) is 10.9 Å². The van der Waals surface area contributed by atoms with Crippen molar-refractivity contribution in [3.63, 3.8) is 0 Å². The van der Waals surface area contributed by atoms with Crippen LogP contribution in [0.2, 0.25) is 0 Å². The average Bonchev–Trinajstić information content (AvgIpc) is 2.58. The number of benzene rings is 2. The topological polar surface area (TPSA) is 58.2 Å². The molecule has 25 heavy (non-hydrogen) atoms. The molecular weight excluding hydrogens is 332 g/mol. The van der Waals surface area contributed by atoms with Crippen LogP contribution in [0.5, 0.6) is 0 Å². The summed E-state index contributed by atoms with van der Waals surface area (Å²) in [6.07, 6.45) is 0. The van der Waals surface area contributed by atoms with Crippen LogP contribution in [0, 0.1) is 6.92 Å². The molecule has 0 aliphatic rings. The van der Waals surface area contributed by atoms with Gasteiger partial charge in [0.05, 0.1) is 5.75 Å². The Kier molecular flexibility index (Phi) is 6.26. The molecule has 2 N–H and O–H groups in total. The lowest BCUT2D eigenvalue weighted by Crippen LogP contribution is -2.42. The van der Waals surface area contributed by atoms with Crippen molar-refractivity contribution in [2.24, 2.45) is 0 Å². The number of hydrogen-bond donors (Lipinski definition) is 2. The van der Waals surface area contributed by atoms with Crippen LogP contribution in [0.4, 0.5) is 0 Å². The van der Waals surface area contributed by atoms with Crippen LogP contribution in [0.15, 0.2) is 53.4 Å². The molecule has 0 spiro atoms. The van der Waals surface area contributed by atoms with Crippen molar-refractivity contribution < 1.29 is 9.59 Å². The maximum Gasteiger partial charge on any atom is 0.269 e. The Bertz CT molecular complexity index is 732. The minimum absolute atomic E-state index is 0.0381. The molecule has 0 aromatic heterocycles. The highest BCUT2D eigenvalue weighted by Crippen LogP contribution is 2.22. The number of rotatable bonds is 4.